The van der Waals surface area contributed by atoms with E-state index in [4.69, 9.17) is 34.6 Å². The summed E-state index contributed by atoms with van der Waals surface area (Å²) in [7, 11) is 0. The van der Waals surface area contributed by atoms with Crippen LogP contribution in [0.15, 0.2) is 134 Å². The molecule has 56 heavy (non-hydrogen) atoms. The van der Waals surface area contributed by atoms with Gasteiger partial charge in [-0.05, 0) is 48.7 Å². The Balaban J connectivity index is 0.901. The Kier molecular flexibility index (Phi) is 10.1. The van der Waals surface area contributed by atoms with Crippen LogP contribution < -0.4 is 0 Å². The van der Waals surface area contributed by atoms with Gasteiger partial charge in [-0.2, -0.15) is 10.2 Å². The van der Waals surface area contributed by atoms with Crippen molar-refractivity contribution >= 4 is 24.4 Å². The number of aromatic nitrogens is 12. The maximum Gasteiger partial charge on any atom is 0.203 e. The quantitative estimate of drug-likeness (QED) is 0.138. The van der Waals surface area contributed by atoms with Gasteiger partial charge in [0.25, 0.3) is 0 Å². The third-order valence-electron chi connectivity index (χ3n) is 9.80. The van der Waals surface area contributed by atoms with Crippen molar-refractivity contribution in [2.24, 2.45) is 0 Å². The third-order valence-corrected chi connectivity index (χ3v) is 10.6. The molecule has 0 radical (unpaired) electrons. The Morgan fingerprint density at radius 1 is 0.464 bits per heavy atom. The fraction of sp³-hybridized carbons (Fsp3) is 0.200. The van der Waals surface area contributed by atoms with Gasteiger partial charge in [-0.25, -0.2) is 18.7 Å². The summed E-state index contributed by atoms with van der Waals surface area (Å²) in [6.07, 6.45) is 3.89. The lowest BCUT2D eigenvalue weighted by Gasteiger charge is -2.34. The molecule has 0 atom stereocenters. The summed E-state index contributed by atoms with van der Waals surface area (Å²) in [4.78, 5) is 4.76. The van der Waals surface area contributed by atoms with Gasteiger partial charge in [0.15, 0.2) is 11.6 Å². The number of rotatable bonds is 12. The number of hydrogen-bond donors (Lipinski definition) is 0. The zero-order valence-electron chi connectivity index (χ0n) is 30.4. The first-order chi connectivity index (χ1) is 27.6. The number of nitrogens with zero attached hydrogens (tertiary/aromatic N) is 14. The molecule has 0 spiro atoms. The van der Waals surface area contributed by atoms with E-state index in [1.165, 1.54) is 0 Å². The van der Waals surface area contributed by atoms with E-state index in [-0.39, 0.29) is 0 Å². The first-order valence-corrected chi connectivity index (χ1v) is 19.2. The fourth-order valence-electron chi connectivity index (χ4n) is 6.94. The van der Waals surface area contributed by atoms with Crippen LogP contribution >= 0.6 is 24.4 Å². The van der Waals surface area contributed by atoms with Gasteiger partial charge in [0, 0.05) is 48.7 Å². The van der Waals surface area contributed by atoms with E-state index in [0.29, 0.717) is 36.0 Å². The molecule has 280 valence electrons. The highest BCUT2D eigenvalue weighted by atomic mass is 32.1. The van der Waals surface area contributed by atoms with Crippen molar-refractivity contribution in [2.45, 2.75) is 26.4 Å². The summed E-state index contributed by atoms with van der Waals surface area (Å²) >= 11 is 12.1. The van der Waals surface area contributed by atoms with Crippen LogP contribution in [0, 0.1) is 9.54 Å². The third kappa shape index (κ3) is 7.54. The predicted molar refractivity (Wildman–Crippen MR) is 217 cm³/mol. The summed E-state index contributed by atoms with van der Waals surface area (Å²) in [6, 6.07) is 40.3. The second kappa shape index (κ2) is 15.9. The minimum Gasteiger partial charge on any atom is -0.282 e. The Morgan fingerprint density at radius 2 is 0.821 bits per heavy atom. The highest BCUT2D eigenvalue weighted by Gasteiger charge is 2.22. The highest BCUT2D eigenvalue weighted by molar-refractivity contribution is 7.71. The Hall–Kier alpha value is -6.20. The zero-order valence-corrected chi connectivity index (χ0v) is 32.1. The molecule has 0 unspecified atom stereocenters. The van der Waals surface area contributed by atoms with Gasteiger partial charge in [-0.3, -0.25) is 18.9 Å². The van der Waals surface area contributed by atoms with Gasteiger partial charge in [0.1, 0.15) is 24.5 Å². The normalized spacial score (nSPS) is 13.7. The van der Waals surface area contributed by atoms with Crippen LogP contribution in [-0.2, 0) is 26.4 Å². The SMILES string of the molecule is S=c1n(CN2CCN(Cn3nc(Cn4cc(-c5ccccc5)nn4)n(-c4ccccc4)c3=S)CC2)nc(Cn2cc(-c3ccccc3)nn2)n1-c1ccccc1. The Labute approximate surface area is 333 Å². The average Bonchev–Trinajstić information content (AvgIpc) is 4.04. The Bertz CT molecular complexity index is 2470. The van der Waals surface area contributed by atoms with Crippen LogP contribution in [0.25, 0.3) is 33.9 Å². The van der Waals surface area contributed by atoms with Crippen molar-refractivity contribution in [3.05, 3.63) is 155 Å². The van der Waals surface area contributed by atoms with Crippen molar-refractivity contribution in [3.63, 3.8) is 0 Å². The number of para-hydroxylation sites is 2. The van der Waals surface area contributed by atoms with E-state index in [2.05, 4.69) is 30.4 Å². The summed E-state index contributed by atoms with van der Waals surface area (Å²) in [6.45, 7) is 5.31. The minimum absolute atomic E-state index is 0.419. The molecule has 0 aliphatic carbocycles. The van der Waals surface area contributed by atoms with Gasteiger partial charge >= 0.3 is 0 Å². The summed E-state index contributed by atoms with van der Waals surface area (Å²) in [5.41, 5.74) is 5.56. The van der Waals surface area contributed by atoms with Gasteiger partial charge < -0.3 is 0 Å². The van der Waals surface area contributed by atoms with E-state index in [1.807, 2.05) is 162 Å². The fourth-order valence-corrected chi connectivity index (χ4v) is 7.56. The van der Waals surface area contributed by atoms with Crippen LogP contribution in [0.1, 0.15) is 11.6 Å². The van der Waals surface area contributed by atoms with Crippen LogP contribution in [0.4, 0.5) is 0 Å². The lowest BCUT2D eigenvalue weighted by atomic mass is 10.2. The average molecular weight is 779 g/mol. The number of piperazine rings is 1. The lowest BCUT2D eigenvalue weighted by Crippen LogP contribution is -2.47. The van der Waals surface area contributed by atoms with Crippen molar-refractivity contribution in [1.29, 1.82) is 0 Å². The maximum atomic E-state index is 6.06. The Morgan fingerprint density at radius 3 is 1.20 bits per heavy atom. The molecule has 4 aromatic carbocycles. The number of benzene rings is 4. The zero-order chi connectivity index (χ0) is 37.8. The van der Waals surface area contributed by atoms with Crippen LogP contribution in [0.2, 0.25) is 0 Å². The predicted octanol–water partition coefficient (Wildman–Crippen LogP) is 5.97. The first kappa shape index (κ1) is 35.5. The monoisotopic (exact) mass is 778 g/mol. The largest absolute Gasteiger partial charge is 0.282 e. The van der Waals surface area contributed by atoms with E-state index in [1.54, 1.807) is 0 Å². The molecule has 1 saturated heterocycles. The molecular formula is C40H38N14S2. The van der Waals surface area contributed by atoms with Gasteiger partial charge in [0.05, 0.1) is 25.7 Å². The molecule has 9 rings (SSSR count). The van der Waals surface area contributed by atoms with Crippen LogP contribution in [0.5, 0.6) is 0 Å². The summed E-state index contributed by atoms with van der Waals surface area (Å²) in [5.74, 6) is 1.57. The molecule has 14 nitrogen and oxygen atoms in total. The van der Waals surface area contributed by atoms with Crippen molar-refractivity contribution in [1.82, 2.24) is 68.5 Å². The van der Waals surface area contributed by atoms with Crippen LogP contribution in [-0.4, -0.2) is 94.7 Å². The van der Waals surface area contributed by atoms with E-state index in [0.717, 1.165) is 71.7 Å². The second-order valence-corrected chi connectivity index (χ2v) is 14.3. The maximum absolute atomic E-state index is 6.06. The van der Waals surface area contributed by atoms with E-state index < -0.39 is 0 Å². The van der Waals surface area contributed by atoms with E-state index >= 15 is 0 Å². The second-order valence-electron chi connectivity index (χ2n) is 13.6. The smallest absolute Gasteiger partial charge is 0.203 e. The van der Waals surface area contributed by atoms with E-state index in [9.17, 15) is 0 Å². The molecule has 0 N–H and O–H groups in total. The van der Waals surface area contributed by atoms with Gasteiger partial charge in [-0.1, -0.05) is 107 Å². The number of hydrogen-bond acceptors (Lipinski definition) is 10. The minimum atomic E-state index is 0.419. The standard InChI is InChI=1S/C40H38N14S2/c55-39-51(43-37(53(39)33-17-9-3-10-18-33)27-49-25-35(41-45-49)31-13-5-1-6-14-31)29-47-21-23-48(24-22-47)30-52-40(56)54(34-19-11-4-12-20-34)38(44-52)28-50-26-36(42-46-50)32-15-7-2-8-16-32/h1-20,25-26H,21-24,27-30H2. The summed E-state index contributed by atoms with van der Waals surface area (Å²) < 4.78 is 12.8. The molecule has 4 aromatic heterocycles. The molecule has 16 heteroatoms. The van der Waals surface area contributed by atoms with Gasteiger partial charge in [0.2, 0.25) is 9.54 Å². The molecule has 1 aliphatic heterocycles. The molecule has 8 aromatic rings. The van der Waals surface area contributed by atoms with Crippen molar-refractivity contribution in [2.75, 3.05) is 26.2 Å². The molecular weight excluding hydrogens is 741 g/mol. The van der Waals surface area contributed by atoms with Crippen LogP contribution in [0.3, 0.4) is 0 Å². The molecule has 5 heterocycles. The molecule has 0 bridgehead atoms. The first-order valence-electron chi connectivity index (χ1n) is 18.4. The topological polar surface area (TPSA) is 113 Å². The highest BCUT2D eigenvalue weighted by Crippen LogP contribution is 2.20. The van der Waals surface area contributed by atoms with Crippen molar-refractivity contribution in [3.8, 4) is 33.9 Å². The van der Waals surface area contributed by atoms with Crippen molar-refractivity contribution < 1.29 is 0 Å². The molecule has 0 saturated carbocycles. The molecule has 1 fully saturated rings. The lowest BCUT2D eigenvalue weighted by molar-refractivity contribution is 0.0792. The molecule has 0 amide bonds. The summed E-state index contributed by atoms with van der Waals surface area (Å²) in [5, 5.41) is 27.7. The molecule has 1 aliphatic rings. The van der Waals surface area contributed by atoms with Gasteiger partial charge in [-0.15, -0.1) is 10.2 Å².